The van der Waals surface area contributed by atoms with Gasteiger partial charge in [0.15, 0.2) is 0 Å². The third kappa shape index (κ3) is 4.03. The molecule has 0 saturated carbocycles. The zero-order valence-corrected chi connectivity index (χ0v) is 16.1. The summed E-state index contributed by atoms with van der Waals surface area (Å²) in [4.78, 5) is 4.62. The molecular weight excluding hydrogens is 346 g/mol. The molecule has 1 heterocycles. The summed E-state index contributed by atoms with van der Waals surface area (Å²) < 4.78 is 10.6. The van der Waals surface area contributed by atoms with Gasteiger partial charge in [-0.15, -0.1) is 11.3 Å². The lowest BCUT2D eigenvalue weighted by molar-refractivity contribution is 0.402. The fourth-order valence-corrected chi connectivity index (χ4v) is 3.31. The highest BCUT2D eigenvalue weighted by molar-refractivity contribution is 7.14. The summed E-state index contributed by atoms with van der Waals surface area (Å²) in [5.41, 5.74) is 8.35. The van der Waals surface area contributed by atoms with Crippen LogP contribution in [0, 0.1) is 13.8 Å². The molecule has 1 aromatic heterocycles. The molecule has 26 heavy (non-hydrogen) atoms. The SMILES string of the molecule is COc1ccc(OC)c(/C=N\Nc2nc(-c3ccc(C)cc3C)cs2)c1. The van der Waals surface area contributed by atoms with Crippen molar-refractivity contribution in [3.8, 4) is 22.8 Å². The fourth-order valence-electron chi connectivity index (χ4n) is 2.65. The number of benzene rings is 2. The first-order chi connectivity index (χ1) is 12.6. The first-order valence-corrected chi connectivity index (χ1v) is 9.03. The van der Waals surface area contributed by atoms with Gasteiger partial charge in [-0.1, -0.05) is 23.8 Å². The fraction of sp³-hybridized carbons (Fsp3) is 0.200. The molecule has 6 heteroatoms. The van der Waals surface area contributed by atoms with Crippen LogP contribution < -0.4 is 14.9 Å². The summed E-state index contributed by atoms with van der Waals surface area (Å²) in [5.74, 6) is 1.48. The number of aryl methyl sites for hydroxylation is 2. The van der Waals surface area contributed by atoms with E-state index in [4.69, 9.17) is 9.47 Å². The molecule has 0 aliphatic carbocycles. The van der Waals surface area contributed by atoms with Crippen molar-refractivity contribution in [3.05, 3.63) is 58.5 Å². The Bertz CT molecular complexity index is 935. The van der Waals surface area contributed by atoms with Gasteiger partial charge >= 0.3 is 0 Å². The van der Waals surface area contributed by atoms with Crippen molar-refractivity contribution in [1.29, 1.82) is 0 Å². The van der Waals surface area contributed by atoms with E-state index in [1.54, 1.807) is 20.4 Å². The van der Waals surface area contributed by atoms with E-state index in [9.17, 15) is 0 Å². The predicted octanol–water partition coefficient (Wildman–Crippen LogP) is 4.89. The maximum absolute atomic E-state index is 5.34. The second-order valence-corrected chi connectivity index (χ2v) is 6.69. The number of hydrogen-bond acceptors (Lipinski definition) is 6. The van der Waals surface area contributed by atoms with Crippen LogP contribution in [0.3, 0.4) is 0 Å². The highest BCUT2D eigenvalue weighted by Gasteiger charge is 2.07. The summed E-state index contributed by atoms with van der Waals surface area (Å²) in [7, 11) is 3.26. The van der Waals surface area contributed by atoms with E-state index in [1.165, 1.54) is 22.5 Å². The predicted molar refractivity (Wildman–Crippen MR) is 108 cm³/mol. The average Bonchev–Trinajstić information content (AvgIpc) is 3.10. The lowest BCUT2D eigenvalue weighted by Crippen LogP contribution is -1.95. The number of hydrogen-bond donors (Lipinski definition) is 1. The van der Waals surface area contributed by atoms with E-state index in [0.29, 0.717) is 0 Å². The standard InChI is InChI=1S/C20H21N3O2S/c1-13-5-7-17(14(2)9-13)18-12-26-20(22-18)23-21-11-15-10-16(24-3)6-8-19(15)25-4/h5-12H,1-4H3,(H,22,23)/b21-11-. The Morgan fingerprint density at radius 2 is 1.92 bits per heavy atom. The molecule has 0 atom stereocenters. The molecule has 5 nitrogen and oxygen atoms in total. The van der Waals surface area contributed by atoms with Crippen molar-refractivity contribution < 1.29 is 9.47 Å². The van der Waals surface area contributed by atoms with Crippen molar-refractivity contribution >= 4 is 22.7 Å². The van der Waals surface area contributed by atoms with Crippen LogP contribution in [-0.2, 0) is 0 Å². The molecule has 0 aliphatic heterocycles. The Morgan fingerprint density at radius 1 is 1.08 bits per heavy atom. The van der Waals surface area contributed by atoms with Gasteiger partial charge in [-0.05, 0) is 37.6 Å². The van der Waals surface area contributed by atoms with Gasteiger partial charge in [-0.25, -0.2) is 4.98 Å². The van der Waals surface area contributed by atoms with Gasteiger partial charge in [0.2, 0.25) is 5.13 Å². The summed E-state index contributed by atoms with van der Waals surface area (Å²) in [6.07, 6.45) is 1.69. The van der Waals surface area contributed by atoms with Gasteiger partial charge in [0.1, 0.15) is 11.5 Å². The minimum absolute atomic E-state index is 0.728. The van der Waals surface area contributed by atoms with E-state index in [1.807, 2.05) is 23.6 Å². The molecule has 0 unspecified atom stereocenters. The minimum Gasteiger partial charge on any atom is -0.497 e. The molecule has 2 aromatic carbocycles. The molecule has 0 aliphatic rings. The van der Waals surface area contributed by atoms with E-state index >= 15 is 0 Å². The summed E-state index contributed by atoms with van der Waals surface area (Å²) in [5, 5.41) is 7.04. The van der Waals surface area contributed by atoms with Crippen LogP contribution >= 0.6 is 11.3 Å². The van der Waals surface area contributed by atoms with Crippen LogP contribution in [0.25, 0.3) is 11.3 Å². The molecule has 0 fully saturated rings. The topological polar surface area (TPSA) is 55.7 Å². The number of nitrogens with one attached hydrogen (secondary N) is 1. The summed E-state index contributed by atoms with van der Waals surface area (Å²) in [6.45, 7) is 4.19. The maximum Gasteiger partial charge on any atom is 0.203 e. The smallest absolute Gasteiger partial charge is 0.203 e. The molecule has 0 spiro atoms. The van der Waals surface area contributed by atoms with Gasteiger partial charge in [-0.2, -0.15) is 5.10 Å². The molecule has 0 radical (unpaired) electrons. The van der Waals surface area contributed by atoms with Crippen LogP contribution in [0.5, 0.6) is 11.5 Å². The largest absolute Gasteiger partial charge is 0.497 e. The van der Waals surface area contributed by atoms with Crippen molar-refractivity contribution in [3.63, 3.8) is 0 Å². The van der Waals surface area contributed by atoms with Crippen molar-refractivity contribution in [2.24, 2.45) is 5.10 Å². The highest BCUT2D eigenvalue weighted by Crippen LogP contribution is 2.28. The van der Waals surface area contributed by atoms with Gasteiger partial charge in [0, 0.05) is 16.5 Å². The van der Waals surface area contributed by atoms with Crippen LogP contribution in [0.15, 0.2) is 46.9 Å². The van der Waals surface area contributed by atoms with Crippen molar-refractivity contribution in [2.75, 3.05) is 19.6 Å². The van der Waals surface area contributed by atoms with Gasteiger partial charge in [0.05, 0.1) is 26.1 Å². The summed E-state index contributed by atoms with van der Waals surface area (Å²) >= 11 is 1.52. The lowest BCUT2D eigenvalue weighted by atomic mass is 10.0. The Hall–Kier alpha value is -2.86. The Labute approximate surface area is 157 Å². The normalized spacial score (nSPS) is 10.9. The summed E-state index contributed by atoms with van der Waals surface area (Å²) in [6, 6.07) is 11.9. The molecule has 0 amide bonds. The van der Waals surface area contributed by atoms with E-state index < -0.39 is 0 Å². The minimum atomic E-state index is 0.728. The highest BCUT2D eigenvalue weighted by atomic mass is 32.1. The average molecular weight is 367 g/mol. The van der Waals surface area contributed by atoms with Gasteiger partial charge in [0.25, 0.3) is 0 Å². The number of rotatable bonds is 6. The van der Waals surface area contributed by atoms with E-state index in [-0.39, 0.29) is 0 Å². The molecule has 0 bridgehead atoms. The number of anilines is 1. The third-order valence-corrected chi connectivity index (χ3v) is 4.71. The number of methoxy groups -OCH3 is 2. The number of hydrazone groups is 1. The van der Waals surface area contributed by atoms with Crippen molar-refractivity contribution in [1.82, 2.24) is 4.98 Å². The third-order valence-electron chi connectivity index (χ3n) is 3.96. The molecule has 3 aromatic rings. The monoisotopic (exact) mass is 367 g/mol. The maximum atomic E-state index is 5.34. The zero-order chi connectivity index (χ0) is 18.5. The Kier molecular flexibility index (Phi) is 5.53. The van der Waals surface area contributed by atoms with Crippen LogP contribution in [0.2, 0.25) is 0 Å². The van der Waals surface area contributed by atoms with E-state index in [0.717, 1.165) is 33.5 Å². The zero-order valence-electron chi connectivity index (χ0n) is 15.2. The lowest BCUT2D eigenvalue weighted by Gasteiger charge is -2.06. The van der Waals surface area contributed by atoms with Crippen LogP contribution in [0.1, 0.15) is 16.7 Å². The number of nitrogens with zero attached hydrogens (tertiary/aromatic N) is 2. The first-order valence-electron chi connectivity index (χ1n) is 8.15. The second kappa shape index (κ2) is 8.01. The van der Waals surface area contributed by atoms with E-state index in [2.05, 4.69) is 47.6 Å². The van der Waals surface area contributed by atoms with Gasteiger partial charge in [-0.3, -0.25) is 5.43 Å². The van der Waals surface area contributed by atoms with Crippen molar-refractivity contribution in [2.45, 2.75) is 13.8 Å². The number of thiazole rings is 1. The first kappa shape index (κ1) is 17.9. The number of ether oxygens (including phenoxy) is 2. The molecule has 134 valence electrons. The molecule has 3 rings (SSSR count). The number of aromatic nitrogens is 1. The van der Waals surface area contributed by atoms with Crippen LogP contribution in [0.4, 0.5) is 5.13 Å². The molecular formula is C20H21N3O2S. The molecule has 1 N–H and O–H groups in total. The Morgan fingerprint density at radius 3 is 2.65 bits per heavy atom. The molecule has 0 saturated heterocycles. The second-order valence-electron chi connectivity index (χ2n) is 5.83. The Balaban J connectivity index is 1.75. The van der Waals surface area contributed by atoms with Gasteiger partial charge < -0.3 is 9.47 Å². The van der Waals surface area contributed by atoms with Crippen LogP contribution in [-0.4, -0.2) is 25.4 Å². The quantitative estimate of drug-likeness (QED) is 0.498.